The number of anilines is 2. The van der Waals surface area contributed by atoms with Crippen LogP contribution in [0, 0.1) is 17.8 Å². The van der Waals surface area contributed by atoms with Crippen LogP contribution in [0.15, 0.2) is 60.7 Å². The molecular formula is C49H59N7O8S2. The minimum absolute atomic E-state index is 0. The second-order valence-electron chi connectivity index (χ2n) is 17.6. The highest BCUT2D eigenvalue weighted by Crippen LogP contribution is 2.42. The lowest BCUT2D eigenvalue weighted by atomic mass is 9.90. The molecule has 0 fully saturated rings. The Morgan fingerprint density at radius 2 is 1.09 bits per heavy atom. The summed E-state index contributed by atoms with van der Waals surface area (Å²) in [5.74, 6) is -1.69. The Hall–Kier alpha value is -5.94. The summed E-state index contributed by atoms with van der Waals surface area (Å²) in [6, 6.07) is 18.6. The molecular weight excluding hydrogens is 879 g/mol. The molecule has 0 radical (unpaired) electrons. The van der Waals surface area contributed by atoms with Crippen LogP contribution in [0.5, 0.6) is 0 Å². The molecule has 15 nitrogen and oxygen atoms in total. The zero-order chi connectivity index (χ0) is 45.4. The van der Waals surface area contributed by atoms with Gasteiger partial charge in [-0.25, -0.2) is 14.8 Å². The maximum atomic E-state index is 14.2. The smallest absolute Gasteiger partial charge is 0.407 e. The predicted octanol–water partition coefficient (Wildman–Crippen LogP) is 5.76. The summed E-state index contributed by atoms with van der Waals surface area (Å²) in [6.07, 6.45) is 1.69. The maximum Gasteiger partial charge on any atom is 0.407 e. The van der Waals surface area contributed by atoms with Crippen LogP contribution in [0.2, 0.25) is 0 Å². The lowest BCUT2D eigenvalue weighted by molar-refractivity contribution is -0.148. The van der Waals surface area contributed by atoms with E-state index in [1.807, 2.05) is 64.1 Å². The van der Waals surface area contributed by atoms with Crippen molar-refractivity contribution in [2.75, 3.05) is 50.2 Å². The van der Waals surface area contributed by atoms with E-state index in [1.54, 1.807) is 31.7 Å². The average Bonchev–Trinajstić information content (AvgIpc) is 3.96. The Labute approximate surface area is 399 Å². The number of carbonyl (C=O) groups is 6. The highest BCUT2D eigenvalue weighted by Gasteiger charge is 2.36. The molecule has 2 aromatic carbocycles. The Balaban J connectivity index is 0.00000360. The number of aromatic nitrogens is 2. The van der Waals surface area contributed by atoms with Gasteiger partial charge in [-0.05, 0) is 82.3 Å². The number of nitrogens with zero attached hydrogens (tertiary/aromatic N) is 6. The lowest BCUT2D eigenvalue weighted by Gasteiger charge is -2.33. The summed E-state index contributed by atoms with van der Waals surface area (Å²) in [7, 11) is 2.60. The molecule has 5 amide bonds. The Bertz CT molecular complexity index is 2380. The standard InChI is InChI=1S/C49H55N7O8.2H2S/c1-28(2)36(25-43(57)63-5)45(58)53-21-19-37-30(26-53)13-15-39(50-37)46(59)55-23-17-34-32(9-7-11-41(34)55)33-10-8-12-42-35(33)18-24-56(42)47(60)40-16-14-31-27-54(22-20-38(31)51-40)48(61)44(29(3)4)52-49(62)64-6;;/h7-16,28-29,36,44H,17-27H2,1-6H3,(H,52,62);2*1H2/t36-,44-;;/m0../s1. The number of methoxy groups -OCH3 is 2. The number of benzene rings is 2. The second-order valence-corrected chi connectivity index (χ2v) is 17.6. The van der Waals surface area contributed by atoms with E-state index in [-0.39, 0.29) is 68.9 Å². The molecule has 2 atom stereocenters. The van der Waals surface area contributed by atoms with Crippen molar-refractivity contribution in [1.82, 2.24) is 25.1 Å². The van der Waals surface area contributed by atoms with E-state index < -0.39 is 24.0 Å². The van der Waals surface area contributed by atoms with Gasteiger partial charge < -0.3 is 34.4 Å². The summed E-state index contributed by atoms with van der Waals surface area (Å²) in [4.78, 5) is 95.9. The summed E-state index contributed by atoms with van der Waals surface area (Å²) in [6.45, 7) is 10.2. The van der Waals surface area contributed by atoms with Crippen molar-refractivity contribution in [2.24, 2.45) is 17.8 Å². The highest BCUT2D eigenvalue weighted by molar-refractivity contribution is 7.59. The molecule has 0 saturated heterocycles. The third kappa shape index (κ3) is 9.64. The van der Waals surface area contributed by atoms with Crippen molar-refractivity contribution in [3.63, 3.8) is 0 Å². The third-order valence-corrected chi connectivity index (χ3v) is 13.1. The van der Waals surface area contributed by atoms with Gasteiger partial charge in [0.2, 0.25) is 11.8 Å². The quantitative estimate of drug-likeness (QED) is 0.193. The molecule has 0 unspecified atom stereocenters. The van der Waals surface area contributed by atoms with Crippen molar-refractivity contribution in [3.8, 4) is 11.1 Å². The number of carbonyl (C=O) groups excluding carboxylic acids is 6. The molecule has 4 aliphatic rings. The number of amides is 5. The first-order chi connectivity index (χ1) is 30.8. The van der Waals surface area contributed by atoms with E-state index in [0.29, 0.717) is 76.3 Å². The van der Waals surface area contributed by atoms with Crippen molar-refractivity contribution >= 4 is 74.1 Å². The zero-order valence-electron chi connectivity index (χ0n) is 38.3. The molecule has 4 aromatic rings. The van der Waals surface area contributed by atoms with Crippen LogP contribution in [-0.2, 0) is 62.6 Å². The average molecular weight is 938 g/mol. The largest absolute Gasteiger partial charge is 0.469 e. The van der Waals surface area contributed by atoms with Crippen molar-refractivity contribution in [2.45, 2.75) is 78.9 Å². The summed E-state index contributed by atoms with van der Waals surface area (Å²) >= 11 is 0. The van der Waals surface area contributed by atoms with Crippen molar-refractivity contribution in [3.05, 3.63) is 106 Å². The Morgan fingerprint density at radius 1 is 0.606 bits per heavy atom. The number of fused-ring (bicyclic) bond motifs is 4. The maximum absolute atomic E-state index is 14.2. The van der Waals surface area contributed by atoms with E-state index in [4.69, 9.17) is 19.4 Å². The van der Waals surface area contributed by atoms with Gasteiger partial charge in [0.1, 0.15) is 17.4 Å². The topological polar surface area (TPSA) is 172 Å². The Morgan fingerprint density at radius 3 is 1.53 bits per heavy atom. The fourth-order valence-electron chi connectivity index (χ4n) is 9.52. The molecule has 8 rings (SSSR count). The van der Waals surface area contributed by atoms with Crippen LogP contribution in [-0.4, -0.2) is 102 Å². The van der Waals surface area contributed by atoms with Crippen LogP contribution < -0.4 is 15.1 Å². The molecule has 6 heterocycles. The first kappa shape index (κ1) is 49.5. The minimum atomic E-state index is -0.723. The van der Waals surface area contributed by atoms with Gasteiger partial charge in [0.05, 0.1) is 26.6 Å². The molecule has 17 heteroatoms. The Kier molecular flexibility index (Phi) is 15.5. The molecule has 0 bridgehead atoms. The SMILES string of the molecule is COC(=O)C[C@H](C(=O)N1CCc2nc(C(=O)N3CCc4c(-c5cccc6c5CCN6C(=O)c5ccc6c(n5)CCN(C(=O)[C@@H](NC(=O)OC)C(C)C)C6)cccc43)ccc2C1)C(C)C.S.S. The number of rotatable bonds is 10. The van der Waals surface area contributed by atoms with Crippen LogP contribution in [0.3, 0.4) is 0 Å². The molecule has 1 N–H and O–H groups in total. The third-order valence-electron chi connectivity index (χ3n) is 13.1. The minimum Gasteiger partial charge on any atom is -0.469 e. The van der Waals surface area contributed by atoms with Gasteiger partial charge in [0.15, 0.2) is 0 Å². The molecule has 0 aliphatic carbocycles. The van der Waals surface area contributed by atoms with E-state index in [9.17, 15) is 28.8 Å². The van der Waals surface area contributed by atoms with Gasteiger partial charge in [0, 0.05) is 74.9 Å². The molecule has 66 heavy (non-hydrogen) atoms. The number of hydrogen-bond acceptors (Lipinski definition) is 10. The number of alkyl carbamates (subject to hydrolysis) is 1. The normalized spacial score (nSPS) is 15.6. The van der Waals surface area contributed by atoms with Crippen LogP contribution in [0.4, 0.5) is 16.2 Å². The molecule has 4 aliphatic heterocycles. The van der Waals surface area contributed by atoms with E-state index >= 15 is 0 Å². The molecule has 0 saturated carbocycles. The number of esters is 1. The van der Waals surface area contributed by atoms with Crippen LogP contribution >= 0.6 is 27.0 Å². The monoisotopic (exact) mass is 937 g/mol. The summed E-state index contributed by atoms with van der Waals surface area (Å²) in [5.41, 5.74) is 9.89. The summed E-state index contributed by atoms with van der Waals surface area (Å²) in [5, 5.41) is 2.66. The van der Waals surface area contributed by atoms with E-state index in [0.717, 1.165) is 56.1 Å². The molecule has 350 valence electrons. The van der Waals surface area contributed by atoms with Gasteiger partial charge in [0.25, 0.3) is 11.8 Å². The van der Waals surface area contributed by atoms with Gasteiger partial charge in [-0.2, -0.15) is 27.0 Å². The van der Waals surface area contributed by atoms with Crippen molar-refractivity contribution in [1.29, 1.82) is 0 Å². The van der Waals surface area contributed by atoms with Crippen molar-refractivity contribution < 1.29 is 38.2 Å². The van der Waals surface area contributed by atoms with Crippen LogP contribution in [0.1, 0.15) is 88.7 Å². The first-order valence-corrected chi connectivity index (χ1v) is 22.1. The predicted molar refractivity (Wildman–Crippen MR) is 259 cm³/mol. The fourth-order valence-corrected chi connectivity index (χ4v) is 9.52. The van der Waals surface area contributed by atoms with Gasteiger partial charge >= 0.3 is 12.1 Å². The van der Waals surface area contributed by atoms with E-state index in [1.165, 1.54) is 14.2 Å². The van der Waals surface area contributed by atoms with Crippen LogP contribution in [0.25, 0.3) is 11.1 Å². The summed E-state index contributed by atoms with van der Waals surface area (Å²) < 4.78 is 9.58. The number of ether oxygens (including phenoxy) is 2. The van der Waals surface area contributed by atoms with Gasteiger partial charge in [-0.15, -0.1) is 0 Å². The van der Waals surface area contributed by atoms with Gasteiger partial charge in [-0.3, -0.25) is 24.0 Å². The lowest BCUT2D eigenvalue weighted by Crippen LogP contribution is -2.52. The molecule has 0 spiro atoms. The number of pyridine rings is 2. The van der Waals surface area contributed by atoms with Gasteiger partial charge in [-0.1, -0.05) is 64.1 Å². The fraction of sp³-hybridized carbons (Fsp3) is 0.429. The second kappa shape index (κ2) is 20.7. The molecule has 2 aromatic heterocycles. The number of hydrogen-bond donors (Lipinski definition) is 1. The first-order valence-electron chi connectivity index (χ1n) is 22.1. The number of nitrogens with one attached hydrogen (secondary N) is 1. The van der Waals surface area contributed by atoms with E-state index in [2.05, 4.69) is 17.4 Å². The zero-order valence-corrected chi connectivity index (χ0v) is 40.3. The highest BCUT2D eigenvalue weighted by atomic mass is 32.1.